The molecule has 1 heterocycles. The fourth-order valence-corrected chi connectivity index (χ4v) is 4.00. The van der Waals surface area contributed by atoms with Crippen LogP contribution in [0.25, 0.3) is 0 Å². The van der Waals surface area contributed by atoms with Gasteiger partial charge in [0.2, 0.25) is 5.91 Å². The molecule has 1 aliphatic carbocycles. The van der Waals surface area contributed by atoms with Crippen LogP contribution in [0.4, 0.5) is 0 Å². The van der Waals surface area contributed by atoms with Crippen LogP contribution < -0.4 is 4.74 Å². The van der Waals surface area contributed by atoms with E-state index in [4.69, 9.17) is 9.47 Å². The highest BCUT2D eigenvalue weighted by atomic mass is 16.5. The van der Waals surface area contributed by atoms with Crippen molar-refractivity contribution in [2.24, 2.45) is 5.92 Å². The van der Waals surface area contributed by atoms with Gasteiger partial charge in [0.05, 0.1) is 32.5 Å². The van der Waals surface area contributed by atoms with Gasteiger partial charge >= 0.3 is 0 Å². The van der Waals surface area contributed by atoms with Crippen LogP contribution in [-0.4, -0.2) is 54.9 Å². The van der Waals surface area contributed by atoms with E-state index in [0.717, 1.165) is 30.6 Å². The Kier molecular flexibility index (Phi) is 5.74. The van der Waals surface area contributed by atoms with Crippen molar-refractivity contribution >= 4 is 5.91 Å². The maximum Gasteiger partial charge on any atom is 0.223 e. The number of rotatable bonds is 5. The van der Waals surface area contributed by atoms with Gasteiger partial charge in [0.15, 0.2) is 0 Å². The molecule has 2 fully saturated rings. The number of aliphatic hydroxyl groups excluding tert-OH is 1. The maximum absolute atomic E-state index is 12.8. The van der Waals surface area contributed by atoms with Gasteiger partial charge in [-0.05, 0) is 30.9 Å². The van der Waals surface area contributed by atoms with Crippen molar-refractivity contribution in [2.75, 3.05) is 26.9 Å². The number of hydrogen-bond acceptors (Lipinski definition) is 4. The van der Waals surface area contributed by atoms with Gasteiger partial charge < -0.3 is 19.5 Å². The van der Waals surface area contributed by atoms with E-state index in [1.165, 1.54) is 0 Å². The van der Waals surface area contributed by atoms with Crippen molar-refractivity contribution in [3.63, 3.8) is 0 Å². The van der Waals surface area contributed by atoms with E-state index in [2.05, 4.69) is 0 Å². The van der Waals surface area contributed by atoms with Crippen LogP contribution >= 0.6 is 0 Å². The summed E-state index contributed by atoms with van der Waals surface area (Å²) in [5.41, 5.74) is 1.05. The van der Waals surface area contributed by atoms with Crippen molar-refractivity contribution in [1.29, 1.82) is 0 Å². The molecule has 0 aromatic heterocycles. The number of carbonyl (C=O) groups excluding carboxylic acids is 1. The zero-order valence-corrected chi connectivity index (χ0v) is 14.3. The van der Waals surface area contributed by atoms with Crippen LogP contribution in [0.5, 0.6) is 5.75 Å². The molecule has 132 valence electrons. The summed E-state index contributed by atoms with van der Waals surface area (Å²) in [6.45, 7) is 1.75. The molecular formula is C19H27NO4. The molecule has 1 aromatic rings. The normalized spacial score (nSPS) is 27.2. The van der Waals surface area contributed by atoms with E-state index in [-0.39, 0.29) is 24.0 Å². The molecule has 24 heavy (non-hydrogen) atoms. The van der Waals surface area contributed by atoms with Gasteiger partial charge in [-0.2, -0.15) is 0 Å². The maximum atomic E-state index is 12.8. The zero-order valence-electron chi connectivity index (χ0n) is 14.3. The molecule has 0 unspecified atom stereocenters. The molecule has 1 aromatic carbocycles. The number of aryl methyl sites for hydroxylation is 1. The highest BCUT2D eigenvalue weighted by molar-refractivity contribution is 5.77. The minimum absolute atomic E-state index is 0.0152. The Labute approximate surface area is 143 Å². The molecule has 0 radical (unpaired) electrons. The number of para-hydroxylation sites is 1. The number of ether oxygens (including phenoxy) is 2. The lowest BCUT2D eigenvalue weighted by atomic mass is 9.93. The summed E-state index contributed by atoms with van der Waals surface area (Å²) in [6.07, 6.45) is 3.67. The lowest BCUT2D eigenvalue weighted by molar-refractivity contribution is -0.143. The molecule has 3 atom stereocenters. The van der Waals surface area contributed by atoms with Gasteiger partial charge in [0, 0.05) is 18.9 Å². The Morgan fingerprint density at radius 1 is 1.38 bits per heavy atom. The Balaban J connectivity index is 1.64. The monoisotopic (exact) mass is 333 g/mol. The second kappa shape index (κ2) is 7.99. The summed E-state index contributed by atoms with van der Waals surface area (Å²) in [6, 6.07) is 7.84. The second-order valence-electron chi connectivity index (χ2n) is 6.70. The number of methoxy groups -OCH3 is 1. The lowest BCUT2D eigenvalue weighted by Gasteiger charge is -2.40. The molecule has 5 nitrogen and oxygen atoms in total. The van der Waals surface area contributed by atoms with E-state index in [0.29, 0.717) is 32.6 Å². The van der Waals surface area contributed by atoms with Crippen LogP contribution in [0.3, 0.4) is 0 Å². The van der Waals surface area contributed by atoms with Crippen molar-refractivity contribution in [1.82, 2.24) is 4.90 Å². The number of morpholine rings is 1. The summed E-state index contributed by atoms with van der Waals surface area (Å²) in [4.78, 5) is 14.7. The number of carbonyl (C=O) groups is 1. The minimum Gasteiger partial charge on any atom is -0.496 e. The van der Waals surface area contributed by atoms with Crippen LogP contribution in [0.1, 0.15) is 31.2 Å². The third-order valence-electron chi connectivity index (χ3n) is 5.31. The molecule has 1 saturated carbocycles. The SMILES string of the molecule is COc1ccccc1CCC(=O)N1CCOC[C@@H]1[C@@H]1CCC[C@H]1O. The first-order valence-corrected chi connectivity index (χ1v) is 8.88. The van der Waals surface area contributed by atoms with Crippen molar-refractivity contribution in [2.45, 2.75) is 44.2 Å². The van der Waals surface area contributed by atoms with Gasteiger partial charge in [-0.15, -0.1) is 0 Å². The molecule has 0 bridgehead atoms. The molecule has 5 heteroatoms. The predicted octanol–water partition coefficient (Wildman–Crippen LogP) is 2.02. The topological polar surface area (TPSA) is 59.0 Å². The predicted molar refractivity (Wildman–Crippen MR) is 91.0 cm³/mol. The number of nitrogens with zero attached hydrogens (tertiary/aromatic N) is 1. The summed E-state index contributed by atoms with van der Waals surface area (Å²) in [5.74, 6) is 1.13. The van der Waals surface area contributed by atoms with Gasteiger partial charge in [0.1, 0.15) is 5.75 Å². The molecule has 1 saturated heterocycles. The number of aliphatic hydroxyl groups is 1. The summed E-state index contributed by atoms with van der Waals surface area (Å²) in [7, 11) is 1.65. The first kappa shape index (κ1) is 17.2. The van der Waals surface area contributed by atoms with Crippen LogP contribution in [0.2, 0.25) is 0 Å². The highest BCUT2D eigenvalue weighted by Crippen LogP contribution is 2.32. The zero-order chi connectivity index (χ0) is 16.9. The quantitative estimate of drug-likeness (QED) is 0.895. The van der Waals surface area contributed by atoms with E-state index < -0.39 is 0 Å². The Hall–Kier alpha value is -1.59. The van der Waals surface area contributed by atoms with Crippen LogP contribution in [0.15, 0.2) is 24.3 Å². The molecule has 2 aliphatic rings. The third kappa shape index (κ3) is 3.73. The van der Waals surface area contributed by atoms with Gasteiger partial charge in [-0.1, -0.05) is 24.6 Å². The van der Waals surface area contributed by atoms with E-state index >= 15 is 0 Å². The standard InChI is InChI=1S/C19H27NO4/c1-23-18-8-3-2-5-14(18)9-10-19(22)20-11-12-24-13-16(20)15-6-4-7-17(15)21/h2-3,5,8,15-17,21H,4,6-7,9-13H2,1H3/t15-,16+,17+/m0/s1. The Morgan fingerprint density at radius 2 is 2.21 bits per heavy atom. The van der Waals surface area contributed by atoms with E-state index in [1.54, 1.807) is 7.11 Å². The third-order valence-corrected chi connectivity index (χ3v) is 5.31. The summed E-state index contributed by atoms with van der Waals surface area (Å²) in [5, 5.41) is 10.2. The first-order chi connectivity index (χ1) is 11.7. The fraction of sp³-hybridized carbons (Fsp3) is 0.632. The van der Waals surface area contributed by atoms with Crippen molar-refractivity contribution < 1.29 is 19.4 Å². The molecule has 1 aliphatic heterocycles. The van der Waals surface area contributed by atoms with Gasteiger partial charge in [0.25, 0.3) is 0 Å². The van der Waals surface area contributed by atoms with Gasteiger partial charge in [-0.3, -0.25) is 4.79 Å². The molecule has 0 spiro atoms. The number of benzene rings is 1. The van der Waals surface area contributed by atoms with E-state index in [9.17, 15) is 9.90 Å². The largest absolute Gasteiger partial charge is 0.496 e. The molecule has 1 N–H and O–H groups in total. The van der Waals surface area contributed by atoms with Gasteiger partial charge in [-0.25, -0.2) is 0 Å². The number of amides is 1. The number of hydrogen-bond donors (Lipinski definition) is 1. The summed E-state index contributed by atoms with van der Waals surface area (Å²) < 4.78 is 11.0. The smallest absolute Gasteiger partial charge is 0.223 e. The van der Waals surface area contributed by atoms with E-state index in [1.807, 2.05) is 29.2 Å². The molecule has 3 rings (SSSR count). The van der Waals surface area contributed by atoms with Crippen molar-refractivity contribution in [3.8, 4) is 5.75 Å². The van der Waals surface area contributed by atoms with Crippen molar-refractivity contribution in [3.05, 3.63) is 29.8 Å². The molecule has 1 amide bonds. The molecular weight excluding hydrogens is 306 g/mol. The minimum atomic E-state index is -0.304. The fourth-order valence-electron chi connectivity index (χ4n) is 4.00. The van der Waals surface area contributed by atoms with Crippen LogP contribution in [-0.2, 0) is 16.0 Å². The second-order valence-corrected chi connectivity index (χ2v) is 6.70. The lowest BCUT2D eigenvalue weighted by Crippen LogP contribution is -2.53. The van der Waals surface area contributed by atoms with Crippen LogP contribution in [0, 0.1) is 5.92 Å². The Morgan fingerprint density at radius 3 is 2.96 bits per heavy atom. The highest BCUT2D eigenvalue weighted by Gasteiger charge is 2.39. The summed E-state index contributed by atoms with van der Waals surface area (Å²) >= 11 is 0. The average Bonchev–Trinajstić information content (AvgIpc) is 3.05. The Bertz CT molecular complexity index is 562. The first-order valence-electron chi connectivity index (χ1n) is 8.88. The average molecular weight is 333 g/mol.